The molecule has 1 saturated heterocycles. The van der Waals surface area contributed by atoms with E-state index < -0.39 is 5.97 Å². The van der Waals surface area contributed by atoms with Gasteiger partial charge in [0.15, 0.2) is 6.61 Å². The van der Waals surface area contributed by atoms with Crippen LogP contribution in [0.3, 0.4) is 0 Å². The molecule has 1 aromatic rings. The van der Waals surface area contributed by atoms with Gasteiger partial charge in [0.05, 0.1) is 5.56 Å². The van der Waals surface area contributed by atoms with E-state index in [-0.39, 0.29) is 12.5 Å². The minimum atomic E-state index is -0.441. The number of benzene rings is 1. The van der Waals surface area contributed by atoms with Crippen LogP contribution in [0.15, 0.2) is 30.3 Å². The molecule has 20 heavy (non-hydrogen) atoms. The van der Waals surface area contributed by atoms with Crippen LogP contribution in [0.5, 0.6) is 0 Å². The molecule has 0 spiro atoms. The predicted molar refractivity (Wildman–Crippen MR) is 76.4 cm³/mol. The van der Waals surface area contributed by atoms with Crippen molar-refractivity contribution < 1.29 is 14.3 Å². The Bertz CT molecular complexity index is 458. The number of nitrogens with zero attached hydrogens (tertiary/aromatic N) is 1. The molecule has 2 rings (SSSR count). The molecule has 0 aliphatic carbocycles. The van der Waals surface area contributed by atoms with Crippen molar-refractivity contribution in [3.8, 4) is 0 Å². The van der Waals surface area contributed by atoms with Crippen LogP contribution in [0, 0.1) is 0 Å². The Hall–Kier alpha value is -1.84. The maximum atomic E-state index is 12.2. The third-order valence-corrected chi connectivity index (χ3v) is 3.75. The molecule has 1 atom stereocenters. The van der Waals surface area contributed by atoms with Gasteiger partial charge in [0.25, 0.3) is 5.91 Å². The van der Waals surface area contributed by atoms with Gasteiger partial charge in [-0.2, -0.15) is 0 Å². The Morgan fingerprint density at radius 1 is 1.25 bits per heavy atom. The number of amides is 1. The zero-order valence-electron chi connectivity index (χ0n) is 11.9. The monoisotopic (exact) mass is 275 g/mol. The van der Waals surface area contributed by atoms with Crippen molar-refractivity contribution in [2.75, 3.05) is 13.2 Å². The van der Waals surface area contributed by atoms with Gasteiger partial charge in [-0.25, -0.2) is 4.79 Å². The molecule has 4 nitrogen and oxygen atoms in total. The molecule has 0 radical (unpaired) electrons. The SMILES string of the molecule is CCC1CCCCN1C(=O)COC(=O)c1ccccc1. The zero-order valence-corrected chi connectivity index (χ0v) is 11.9. The number of carbonyl (C=O) groups is 2. The van der Waals surface area contributed by atoms with E-state index in [1.54, 1.807) is 24.3 Å². The summed E-state index contributed by atoms with van der Waals surface area (Å²) < 4.78 is 5.11. The summed E-state index contributed by atoms with van der Waals surface area (Å²) in [6.45, 7) is 2.71. The molecule has 0 saturated carbocycles. The van der Waals surface area contributed by atoms with Crippen LogP contribution < -0.4 is 0 Å². The Morgan fingerprint density at radius 2 is 2.00 bits per heavy atom. The van der Waals surface area contributed by atoms with Crippen molar-refractivity contribution in [3.05, 3.63) is 35.9 Å². The van der Waals surface area contributed by atoms with E-state index in [9.17, 15) is 9.59 Å². The number of likely N-dealkylation sites (tertiary alicyclic amines) is 1. The van der Waals surface area contributed by atoms with E-state index in [2.05, 4.69) is 6.92 Å². The predicted octanol–water partition coefficient (Wildman–Crippen LogP) is 2.63. The topological polar surface area (TPSA) is 46.6 Å². The number of esters is 1. The first-order valence-corrected chi connectivity index (χ1v) is 7.24. The number of rotatable bonds is 4. The Labute approximate surface area is 119 Å². The lowest BCUT2D eigenvalue weighted by atomic mass is 10.00. The van der Waals surface area contributed by atoms with Gasteiger partial charge in [0.1, 0.15) is 0 Å². The molecule has 0 aromatic heterocycles. The highest BCUT2D eigenvalue weighted by molar-refractivity contribution is 5.91. The third-order valence-electron chi connectivity index (χ3n) is 3.75. The molecule has 1 fully saturated rings. The van der Waals surface area contributed by atoms with Crippen LogP contribution in [-0.4, -0.2) is 36.0 Å². The zero-order chi connectivity index (χ0) is 14.4. The number of ether oxygens (including phenoxy) is 1. The molecule has 0 N–H and O–H groups in total. The highest BCUT2D eigenvalue weighted by Crippen LogP contribution is 2.19. The molecule has 4 heteroatoms. The summed E-state index contributed by atoms with van der Waals surface area (Å²) >= 11 is 0. The van der Waals surface area contributed by atoms with Gasteiger partial charge in [-0.15, -0.1) is 0 Å². The summed E-state index contributed by atoms with van der Waals surface area (Å²) in [5, 5.41) is 0. The van der Waals surface area contributed by atoms with Gasteiger partial charge in [-0.3, -0.25) is 4.79 Å². The van der Waals surface area contributed by atoms with Crippen molar-refractivity contribution in [3.63, 3.8) is 0 Å². The number of hydrogen-bond donors (Lipinski definition) is 0. The van der Waals surface area contributed by atoms with Gasteiger partial charge < -0.3 is 9.64 Å². The van der Waals surface area contributed by atoms with Crippen LogP contribution in [0.4, 0.5) is 0 Å². The van der Waals surface area contributed by atoms with Gasteiger partial charge in [-0.1, -0.05) is 25.1 Å². The summed E-state index contributed by atoms with van der Waals surface area (Å²) in [5.41, 5.74) is 0.478. The van der Waals surface area contributed by atoms with E-state index in [1.807, 2.05) is 11.0 Å². The maximum Gasteiger partial charge on any atom is 0.338 e. The van der Waals surface area contributed by atoms with Crippen molar-refractivity contribution in [2.45, 2.75) is 38.6 Å². The fourth-order valence-electron chi connectivity index (χ4n) is 2.62. The Kier molecular flexibility index (Phi) is 5.16. The Balaban J connectivity index is 1.87. The summed E-state index contributed by atoms with van der Waals surface area (Å²) in [5.74, 6) is -0.523. The summed E-state index contributed by atoms with van der Waals surface area (Å²) in [4.78, 5) is 25.8. The molecule has 0 bridgehead atoms. The summed E-state index contributed by atoms with van der Waals surface area (Å²) in [6, 6.07) is 9.05. The van der Waals surface area contributed by atoms with Crippen molar-refractivity contribution in [1.29, 1.82) is 0 Å². The first kappa shape index (κ1) is 14.6. The van der Waals surface area contributed by atoms with Crippen LogP contribution in [0.25, 0.3) is 0 Å². The summed E-state index contributed by atoms with van der Waals surface area (Å²) in [7, 11) is 0. The van der Waals surface area contributed by atoms with E-state index in [0.29, 0.717) is 11.6 Å². The van der Waals surface area contributed by atoms with Gasteiger partial charge >= 0.3 is 5.97 Å². The molecule has 1 aromatic carbocycles. The van der Waals surface area contributed by atoms with E-state index in [0.717, 1.165) is 25.8 Å². The quantitative estimate of drug-likeness (QED) is 0.794. The number of piperidine rings is 1. The second-order valence-electron chi connectivity index (χ2n) is 5.09. The molecule has 1 unspecified atom stereocenters. The lowest BCUT2D eigenvalue weighted by molar-refractivity contribution is -0.138. The molecule has 108 valence electrons. The minimum Gasteiger partial charge on any atom is -0.452 e. The van der Waals surface area contributed by atoms with Crippen LogP contribution >= 0.6 is 0 Å². The van der Waals surface area contributed by atoms with Gasteiger partial charge in [-0.05, 0) is 37.8 Å². The molecule has 1 aliphatic heterocycles. The van der Waals surface area contributed by atoms with Crippen molar-refractivity contribution in [2.24, 2.45) is 0 Å². The molecular weight excluding hydrogens is 254 g/mol. The first-order valence-electron chi connectivity index (χ1n) is 7.24. The number of hydrogen-bond acceptors (Lipinski definition) is 3. The van der Waals surface area contributed by atoms with Gasteiger partial charge in [0.2, 0.25) is 0 Å². The minimum absolute atomic E-state index is 0.0826. The lowest BCUT2D eigenvalue weighted by Gasteiger charge is -2.35. The van der Waals surface area contributed by atoms with Crippen molar-refractivity contribution >= 4 is 11.9 Å². The largest absolute Gasteiger partial charge is 0.452 e. The third kappa shape index (κ3) is 3.59. The molecular formula is C16H21NO3. The second kappa shape index (κ2) is 7.08. The lowest BCUT2D eigenvalue weighted by Crippen LogP contribution is -2.45. The standard InChI is InChI=1S/C16H21NO3/c1-2-14-10-6-7-11-17(14)15(18)12-20-16(19)13-8-4-3-5-9-13/h3-5,8-9,14H,2,6-7,10-12H2,1H3. The Morgan fingerprint density at radius 3 is 2.70 bits per heavy atom. The van der Waals surface area contributed by atoms with Gasteiger partial charge in [0, 0.05) is 12.6 Å². The highest BCUT2D eigenvalue weighted by atomic mass is 16.5. The molecule has 1 heterocycles. The van der Waals surface area contributed by atoms with Crippen LogP contribution in [0.1, 0.15) is 43.0 Å². The summed E-state index contributed by atoms with van der Waals surface area (Å²) in [6.07, 6.45) is 4.22. The van der Waals surface area contributed by atoms with E-state index >= 15 is 0 Å². The fraction of sp³-hybridized carbons (Fsp3) is 0.500. The van der Waals surface area contributed by atoms with Crippen molar-refractivity contribution in [1.82, 2.24) is 4.90 Å². The van der Waals surface area contributed by atoms with E-state index in [4.69, 9.17) is 4.74 Å². The van der Waals surface area contributed by atoms with Crippen LogP contribution in [0.2, 0.25) is 0 Å². The first-order chi connectivity index (χ1) is 9.72. The maximum absolute atomic E-state index is 12.2. The number of carbonyl (C=O) groups excluding carboxylic acids is 2. The second-order valence-corrected chi connectivity index (χ2v) is 5.09. The highest BCUT2D eigenvalue weighted by Gasteiger charge is 2.25. The fourth-order valence-corrected chi connectivity index (χ4v) is 2.62. The molecule has 1 aliphatic rings. The average Bonchev–Trinajstić information content (AvgIpc) is 2.53. The molecule has 1 amide bonds. The van der Waals surface area contributed by atoms with Crippen LogP contribution in [-0.2, 0) is 9.53 Å². The smallest absolute Gasteiger partial charge is 0.338 e. The van der Waals surface area contributed by atoms with E-state index in [1.165, 1.54) is 6.42 Å². The normalized spacial score (nSPS) is 18.6. The average molecular weight is 275 g/mol.